The zero-order valence-corrected chi connectivity index (χ0v) is 17.8. The fraction of sp³-hybridized carbons (Fsp3) is 0.318. The summed E-state index contributed by atoms with van der Waals surface area (Å²) in [6.45, 7) is 4.82. The summed E-state index contributed by atoms with van der Waals surface area (Å²) in [4.78, 5) is 23.4. The van der Waals surface area contributed by atoms with Crippen molar-refractivity contribution in [1.29, 1.82) is 0 Å². The number of aryl methyl sites for hydroxylation is 2. The van der Waals surface area contributed by atoms with Gasteiger partial charge in [-0.2, -0.15) is 0 Å². The van der Waals surface area contributed by atoms with Crippen molar-refractivity contribution in [2.75, 3.05) is 6.54 Å². The minimum Gasteiger partial charge on any atom is -0.492 e. The number of carbonyl (C=O) groups is 1. The van der Waals surface area contributed by atoms with Crippen LogP contribution in [0.5, 0.6) is 5.88 Å². The van der Waals surface area contributed by atoms with Crippen molar-refractivity contribution >= 4 is 40.1 Å². The molecule has 1 atom stereocenters. The van der Waals surface area contributed by atoms with Crippen LogP contribution < -0.4 is 0 Å². The molecule has 0 spiro atoms. The van der Waals surface area contributed by atoms with E-state index in [1.54, 1.807) is 11.0 Å². The van der Waals surface area contributed by atoms with E-state index in [2.05, 4.69) is 42.0 Å². The van der Waals surface area contributed by atoms with Crippen molar-refractivity contribution in [3.63, 3.8) is 0 Å². The molecule has 5 nitrogen and oxygen atoms in total. The van der Waals surface area contributed by atoms with E-state index in [0.29, 0.717) is 27.6 Å². The second-order valence-electron chi connectivity index (χ2n) is 7.57. The molecular formula is C22H21Cl2N3O2. The molecule has 7 heteroatoms. The normalized spacial score (nSPS) is 16.6. The first-order valence-electron chi connectivity index (χ1n) is 9.56. The molecule has 1 saturated heterocycles. The Morgan fingerprint density at radius 2 is 1.79 bits per heavy atom. The molecule has 0 radical (unpaired) electrons. The number of aromatic hydroxyl groups is 1. The summed E-state index contributed by atoms with van der Waals surface area (Å²) in [5, 5.41) is 11.0. The van der Waals surface area contributed by atoms with Crippen LogP contribution in [-0.4, -0.2) is 38.5 Å². The summed E-state index contributed by atoms with van der Waals surface area (Å²) in [6, 6.07) is 9.55. The fourth-order valence-electron chi connectivity index (χ4n) is 3.84. The third-order valence-corrected chi connectivity index (χ3v) is 6.29. The number of amides is 1. The second-order valence-corrected chi connectivity index (χ2v) is 8.38. The molecule has 0 bridgehead atoms. The molecule has 0 saturated carbocycles. The molecule has 1 aromatic heterocycles. The summed E-state index contributed by atoms with van der Waals surface area (Å²) in [7, 11) is 0. The molecule has 29 heavy (non-hydrogen) atoms. The Balaban J connectivity index is 1.63. The number of halogens is 2. The lowest BCUT2D eigenvalue weighted by molar-refractivity contribution is 0.0726. The van der Waals surface area contributed by atoms with Crippen LogP contribution in [0.25, 0.3) is 11.0 Å². The minimum atomic E-state index is -0.391. The lowest BCUT2D eigenvalue weighted by atomic mass is 9.99. The Morgan fingerprint density at radius 1 is 1.10 bits per heavy atom. The topological polar surface area (TPSA) is 66.3 Å². The molecule has 150 valence electrons. The molecule has 1 aliphatic rings. The van der Waals surface area contributed by atoms with Gasteiger partial charge in [-0.1, -0.05) is 41.4 Å². The van der Waals surface area contributed by atoms with Gasteiger partial charge in [-0.05, 0) is 61.9 Å². The van der Waals surface area contributed by atoms with Crippen molar-refractivity contribution in [2.45, 2.75) is 39.2 Å². The van der Waals surface area contributed by atoms with Crippen molar-refractivity contribution < 1.29 is 9.90 Å². The highest BCUT2D eigenvalue weighted by atomic mass is 35.5. The van der Waals surface area contributed by atoms with Crippen LogP contribution in [0.15, 0.2) is 30.3 Å². The Morgan fingerprint density at radius 3 is 2.48 bits per heavy atom. The first-order chi connectivity index (χ1) is 13.8. The molecule has 0 aliphatic carbocycles. The van der Waals surface area contributed by atoms with Crippen molar-refractivity contribution in [1.82, 2.24) is 14.9 Å². The summed E-state index contributed by atoms with van der Waals surface area (Å²) >= 11 is 12.1. The molecule has 1 unspecified atom stereocenters. The smallest absolute Gasteiger partial charge is 0.278 e. The molecule has 1 N–H and O–H groups in total. The van der Waals surface area contributed by atoms with Gasteiger partial charge in [0.2, 0.25) is 5.88 Å². The summed E-state index contributed by atoms with van der Waals surface area (Å²) in [6.07, 6.45) is 2.61. The van der Waals surface area contributed by atoms with Crippen molar-refractivity contribution in [2.24, 2.45) is 0 Å². The molecule has 1 amide bonds. The largest absolute Gasteiger partial charge is 0.492 e. The SMILES string of the molecule is Cc1ccc(CC2CCCN2C(=O)c2nc3cc(Cl)c(Cl)cc3nc2O)cc1C. The van der Waals surface area contributed by atoms with Gasteiger partial charge >= 0.3 is 0 Å². The maximum Gasteiger partial charge on any atom is 0.278 e. The highest BCUT2D eigenvalue weighted by molar-refractivity contribution is 6.42. The Bertz CT molecular complexity index is 1120. The predicted molar refractivity (Wildman–Crippen MR) is 115 cm³/mol. The number of rotatable bonds is 3. The average molecular weight is 430 g/mol. The molecule has 4 rings (SSSR count). The fourth-order valence-corrected chi connectivity index (χ4v) is 4.16. The third kappa shape index (κ3) is 3.89. The van der Waals surface area contributed by atoms with Crippen LogP contribution in [0.3, 0.4) is 0 Å². The number of hydrogen-bond donors (Lipinski definition) is 1. The zero-order chi connectivity index (χ0) is 20.7. The Hall–Kier alpha value is -2.37. The van der Waals surface area contributed by atoms with Gasteiger partial charge in [0.25, 0.3) is 5.91 Å². The van der Waals surface area contributed by atoms with Crippen LogP contribution in [0.4, 0.5) is 0 Å². The highest BCUT2D eigenvalue weighted by Crippen LogP contribution is 2.30. The summed E-state index contributed by atoms with van der Waals surface area (Å²) < 4.78 is 0. The minimum absolute atomic E-state index is 0.0529. The number of fused-ring (bicyclic) bond motifs is 1. The van der Waals surface area contributed by atoms with Gasteiger partial charge in [-0.25, -0.2) is 9.97 Å². The first-order valence-corrected chi connectivity index (χ1v) is 10.3. The number of benzene rings is 2. The number of hydrogen-bond acceptors (Lipinski definition) is 4. The van der Waals surface area contributed by atoms with Crippen LogP contribution in [0.2, 0.25) is 10.0 Å². The van der Waals surface area contributed by atoms with E-state index in [4.69, 9.17) is 23.2 Å². The van der Waals surface area contributed by atoms with Gasteiger partial charge in [0, 0.05) is 12.6 Å². The molecule has 1 aliphatic heterocycles. The van der Waals surface area contributed by atoms with E-state index in [-0.39, 0.29) is 17.6 Å². The van der Waals surface area contributed by atoms with Crippen molar-refractivity contribution in [3.05, 3.63) is 62.8 Å². The Kier molecular flexibility index (Phi) is 5.36. The van der Waals surface area contributed by atoms with E-state index in [9.17, 15) is 9.90 Å². The number of carbonyl (C=O) groups excluding carboxylic acids is 1. The van der Waals surface area contributed by atoms with E-state index in [1.165, 1.54) is 22.8 Å². The van der Waals surface area contributed by atoms with Crippen LogP contribution in [0, 0.1) is 13.8 Å². The first kappa shape index (κ1) is 19.9. The third-order valence-electron chi connectivity index (χ3n) is 5.57. The monoisotopic (exact) mass is 429 g/mol. The lowest BCUT2D eigenvalue weighted by Crippen LogP contribution is -2.37. The Labute approximate surface area is 179 Å². The van der Waals surface area contributed by atoms with Gasteiger partial charge in [0.15, 0.2) is 5.69 Å². The predicted octanol–water partition coefficient (Wildman–Crippen LogP) is 5.11. The van der Waals surface area contributed by atoms with Gasteiger partial charge < -0.3 is 10.0 Å². The van der Waals surface area contributed by atoms with Crippen molar-refractivity contribution in [3.8, 4) is 5.88 Å². The zero-order valence-electron chi connectivity index (χ0n) is 16.2. The van der Waals surface area contributed by atoms with E-state index in [0.717, 1.165) is 19.3 Å². The van der Waals surface area contributed by atoms with Gasteiger partial charge in [-0.15, -0.1) is 0 Å². The molecule has 2 heterocycles. The molecule has 2 aromatic carbocycles. The maximum absolute atomic E-state index is 13.2. The average Bonchev–Trinajstić information content (AvgIpc) is 3.13. The van der Waals surface area contributed by atoms with Crippen LogP contribution in [0.1, 0.15) is 40.0 Å². The van der Waals surface area contributed by atoms with Crippen LogP contribution in [-0.2, 0) is 6.42 Å². The van der Waals surface area contributed by atoms with E-state index >= 15 is 0 Å². The second kappa shape index (κ2) is 7.81. The van der Waals surface area contributed by atoms with Gasteiger partial charge in [0.05, 0.1) is 21.1 Å². The standard InChI is InChI=1S/C22H21Cl2N3O2/c1-12-5-6-14(8-13(12)2)9-15-4-3-7-27(15)22(29)20-21(28)26-19-11-17(24)16(23)10-18(19)25-20/h5-6,8,10-11,15H,3-4,7,9H2,1-2H3,(H,26,28). The van der Waals surface area contributed by atoms with Gasteiger partial charge in [-0.3, -0.25) is 4.79 Å². The lowest BCUT2D eigenvalue weighted by Gasteiger charge is -2.25. The highest BCUT2D eigenvalue weighted by Gasteiger charge is 2.32. The number of nitrogens with zero attached hydrogens (tertiary/aromatic N) is 3. The van der Waals surface area contributed by atoms with E-state index < -0.39 is 5.88 Å². The molecular weight excluding hydrogens is 409 g/mol. The summed E-state index contributed by atoms with van der Waals surface area (Å²) in [5.41, 5.74) is 4.46. The summed E-state index contributed by atoms with van der Waals surface area (Å²) in [5.74, 6) is -0.702. The van der Waals surface area contributed by atoms with E-state index in [1.807, 2.05) is 0 Å². The van der Waals surface area contributed by atoms with Gasteiger partial charge in [0.1, 0.15) is 0 Å². The number of aromatic nitrogens is 2. The quantitative estimate of drug-likeness (QED) is 0.628. The molecule has 3 aromatic rings. The van der Waals surface area contributed by atoms with Crippen LogP contribution >= 0.6 is 23.2 Å². The number of likely N-dealkylation sites (tertiary alicyclic amines) is 1. The maximum atomic E-state index is 13.2. The molecule has 1 fully saturated rings.